The molecular weight excluding hydrogens is 254 g/mol. The van der Waals surface area contributed by atoms with Gasteiger partial charge in [-0.2, -0.15) is 0 Å². The zero-order valence-electron chi connectivity index (χ0n) is 10.7. The number of quaternary nitrogens is 1. The van der Waals surface area contributed by atoms with Crippen LogP contribution in [0.3, 0.4) is 0 Å². The van der Waals surface area contributed by atoms with Crippen LogP contribution in [0.4, 0.5) is 14.5 Å². The van der Waals surface area contributed by atoms with Crippen molar-refractivity contribution in [3.05, 3.63) is 29.8 Å². The molecule has 4 nitrogen and oxygen atoms in total. The second-order valence-corrected chi connectivity index (χ2v) is 4.61. The number of benzene rings is 1. The largest absolute Gasteiger partial charge is 0.370 e. The Morgan fingerprint density at radius 3 is 2.74 bits per heavy atom. The predicted octanol–water partition coefficient (Wildman–Crippen LogP) is 0.207. The Balaban J connectivity index is 2.01. The number of halogens is 2. The molecular formula is C13H17F2N2O2+. The quantitative estimate of drug-likeness (QED) is 0.825. The lowest BCUT2D eigenvalue weighted by atomic mass is 10.2. The smallest absolute Gasteiger partial charge is 0.282 e. The highest BCUT2D eigenvalue weighted by molar-refractivity contribution is 5.93. The van der Waals surface area contributed by atoms with E-state index in [2.05, 4.69) is 5.32 Å². The van der Waals surface area contributed by atoms with E-state index < -0.39 is 11.6 Å². The molecule has 1 atom stereocenters. The molecule has 104 valence electrons. The summed E-state index contributed by atoms with van der Waals surface area (Å²) in [6.07, 6.45) is 0. The van der Waals surface area contributed by atoms with Crippen LogP contribution in [-0.2, 0) is 9.53 Å². The van der Waals surface area contributed by atoms with E-state index in [4.69, 9.17) is 4.74 Å². The number of rotatable bonds is 3. The van der Waals surface area contributed by atoms with E-state index in [9.17, 15) is 13.6 Å². The zero-order valence-corrected chi connectivity index (χ0v) is 10.7. The van der Waals surface area contributed by atoms with Crippen LogP contribution in [0.2, 0.25) is 0 Å². The highest BCUT2D eigenvalue weighted by atomic mass is 19.1. The van der Waals surface area contributed by atoms with E-state index in [1.807, 2.05) is 0 Å². The second kappa shape index (κ2) is 6.08. The summed E-state index contributed by atoms with van der Waals surface area (Å²) >= 11 is 0. The number of hydrogen-bond donors (Lipinski definition) is 2. The molecule has 19 heavy (non-hydrogen) atoms. The fourth-order valence-corrected chi connectivity index (χ4v) is 2.09. The summed E-state index contributed by atoms with van der Waals surface area (Å²) in [4.78, 5) is 13.1. The molecule has 6 heteroatoms. The summed E-state index contributed by atoms with van der Waals surface area (Å²) in [6.45, 7) is 4.47. The molecule has 0 aromatic heterocycles. The van der Waals surface area contributed by atoms with Crippen molar-refractivity contribution in [1.82, 2.24) is 0 Å². The number of amides is 1. The summed E-state index contributed by atoms with van der Waals surface area (Å²) in [5.41, 5.74) is -0.121. The van der Waals surface area contributed by atoms with Gasteiger partial charge in [0.1, 0.15) is 24.7 Å². The maximum absolute atomic E-state index is 13.4. The summed E-state index contributed by atoms with van der Waals surface area (Å²) in [5, 5.41) is 2.43. The molecule has 1 heterocycles. The monoisotopic (exact) mass is 271 g/mol. The van der Waals surface area contributed by atoms with Gasteiger partial charge < -0.3 is 15.0 Å². The minimum absolute atomic E-state index is 0.121. The standard InChI is InChI=1S/C13H16F2N2O2/c1-9(17-4-6-19-7-5-17)13(18)16-12-8-10(14)2-3-11(12)15/h2-3,8-9H,4-7H2,1H3,(H,16,18)/p+1/t9-/m0/s1. The van der Waals surface area contributed by atoms with Gasteiger partial charge >= 0.3 is 0 Å². The van der Waals surface area contributed by atoms with Gasteiger partial charge in [-0.1, -0.05) is 0 Å². The molecule has 2 N–H and O–H groups in total. The number of carbonyl (C=O) groups is 1. The van der Waals surface area contributed by atoms with Crippen LogP contribution >= 0.6 is 0 Å². The molecule has 0 spiro atoms. The Labute approximate surface area is 110 Å². The van der Waals surface area contributed by atoms with Crippen LogP contribution in [0.25, 0.3) is 0 Å². The number of ether oxygens (including phenoxy) is 1. The van der Waals surface area contributed by atoms with Gasteiger partial charge in [-0.3, -0.25) is 4.79 Å². The molecule has 1 aliphatic heterocycles. The molecule has 1 saturated heterocycles. The Morgan fingerprint density at radius 2 is 2.05 bits per heavy atom. The van der Waals surface area contributed by atoms with Gasteiger partial charge in [0.2, 0.25) is 0 Å². The first kappa shape index (κ1) is 13.9. The van der Waals surface area contributed by atoms with Crippen molar-refractivity contribution >= 4 is 11.6 Å². The summed E-state index contributed by atoms with van der Waals surface area (Å²) in [6, 6.07) is 2.67. The Morgan fingerprint density at radius 1 is 1.37 bits per heavy atom. The van der Waals surface area contributed by atoms with Crippen LogP contribution in [0.1, 0.15) is 6.92 Å². The van der Waals surface area contributed by atoms with Crippen molar-refractivity contribution in [2.75, 3.05) is 31.6 Å². The highest BCUT2D eigenvalue weighted by Crippen LogP contribution is 2.15. The van der Waals surface area contributed by atoms with Gasteiger partial charge in [-0.15, -0.1) is 0 Å². The van der Waals surface area contributed by atoms with Crippen molar-refractivity contribution in [2.45, 2.75) is 13.0 Å². The number of anilines is 1. The lowest BCUT2D eigenvalue weighted by molar-refractivity contribution is -0.921. The van der Waals surface area contributed by atoms with Gasteiger partial charge in [-0.25, -0.2) is 8.78 Å². The first-order valence-corrected chi connectivity index (χ1v) is 6.26. The predicted molar refractivity (Wildman–Crippen MR) is 66.0 cm³/mol. The van der Waals surface area contributed by atoms with E-state index in [0.717, 1.165) is 36.2 Å². The SMILES string of the molecule is C[C@@H](C(=O)Nc1cc(F)ccc1F)[NH+]1CCOCC1. The van der Waals surface area contributed by atoms with E-state index in [1.54, 1.807) is 6.92 Å². The van der Waals surface area contributed by atoms with Crippen LogP contribution in [-0.4, -0.2) is 38.3 Å². The molecule has 0 radical (unpaired) electrons. The average molecular weight is 271 g/mol. The molecule has 1 fully saturated rings. The van der Waals surface area contributed by atoms with E-state index in [0.29, 0.717) is 13.2 Å². The number of morpholine rings is 1. The zero-order chi connectivity index (χ0) is 13.8. The van der Waals surface area contributed by atoms with Crippen LogP contribution < -0.4 is 10.2 Å². The van der Waals surface area contributed by atoms with Crippen molar-refractivity contribution < 1.29 is 23.2 Å². The van der Waals surface area contributed by atoms with E-state index >= 15 is 0 Å². The van der Waals surface area contributed by atoms with E-state index in [1.165, 1.54) is 0 Å². The summed E-state index contributed by atoms with van der Waals surface area (Å²) < 4.78 is 31.7. The molecule has 0 aliphatic carbocycles. The molecule has 0 unspecified atom stereocenters. The molecule has 0 saturated carbocycles. The first-order valence-electron chi connectivity index (χ1n) is 6.26. The Bertz CT molecular complexity index is 462. The molecule has 1 amide bonds. The van der Waals surface area contributed by atoms with Gasteiger partial charge in [0.05, 0.1) is 18.9 Å². The average Bonchev–Trinajstić information content (AvgIpc) is 2.43. The third-order valence-corrected chi connectivity index (χ3v) is 3.33. The van der Waals surface area contributed by atoms with E-state index in [-0.39, 0.29) is 17.6 Å². The number of nitrogens with one attached hydrogen (secondary N) is 2. The van der Waals surface area contributed by atoms with Gasteiger partial charge in [0, 0.05) is 6.07 Å². The molecule has 1 aromatic rings. The Kier molecular flexibility index (Phi) is 4.44. The maximum atomic E-state index is 13.4. The lowest BCUT2D eigenvalue weighted by Gasteiger charge is -2.28. The topological polar surface area (TPSA) is 42.8 Å². The number of hydrogen-bond acceptors (Lipinski definition) is 2. The minimum Gasteiger partial charge on any atom is -0.370 e. The van der Waals surface area contributed by atoms with Crippen LogP contribution in [0.15, 0.2) is 18.2 Å². The summed E-state index contributed by atoms with van der Waals surface area (Å²) in [5.74, 6) is -1.54. The van der Waals surface area contributed by atoms with Gasteiger partial charge in [-0.05, 0) is 19.1 Å². The van der Waals surface area contributed by atoms with Crippen LogP contribution in [0, 0.1) is 11.6 Å². The van der Waals surface area contributed by atoms with Crippen molar-refractivity contribution in [1.29, 1.82) is 0 Å². The highest BCUT2D eigenvalue weighted by Gasteiger charge is 2.27. The minimum atomic E-state index is -0.640. The van der Waals surface area contributed by atoms with Crippen LogP contribution in [0.5, 0.6) is 0 Å². The lowest BCUT2D eigenvalue weighted by Crippen LogP contribution is -3.18. The van der Waals surface area contributed by atoms with Crippen molar-refractivity contribution in [2.24, 2.45) is 0 Å². The molecule has 1 aliphatic rings. The van der Waals surface area contributed by atoms with Crippen molar-refractivity contribution in [3.63, 3.8) is 0 Å². The van der Waals surface area contributed by atoms with Crippen molar-refractivity contribution in [3.8, 4) is 0 Å². The third-order valence-electron chi connectivity index (χ3n) is 3.33. The maximum Gasteiger partial charge on any atom is 0.282 e. The third kappa shape index (κ3) is 3.48. The fourth-order valence-electron chi connectivity index (χ4n) is 2.09. The normalized spacial score (nSPS) is 18.1. The number of carbonyl (C=O) groups excluding carboxylic acids is 1. The Hall–Kier alpha value is -1.53. The van der Waals surface area contributed by atoms with Gasteiger partial charge in [0.25, 0.3) is 5.91 Å². The summed E-state index contributed by atoms with van der Waals surface area (Å²) in [7, 11) is 0. The molecule has 0 bridgehead atoms. The molecule has 1 aromatic carbocycles. The first-order chi connectivity index (χ1) is 9.08. The van der Waals surface area contributed by atoms with Gasteiger partial charge in [0.15, 0.2) is 6.04 Å². The second-order valence-electron chi connectivity index (χ2n) is 4.61. The molecule has 2 rings (SSSR count). The fraction of sp³-hybridized carbons (Fsp3) is 0.462.